The highest BCUT2D eigenvalue weighted by Gasteiger charge is 2.28. The topological polar surface area (TPSA) is 82.2 Å². The number of nitrogens with zero attached hydrogens (tertiary/aromatic N) is 4. The summed E-state index contributed by atoms with van der Waals surface area (Å²) in [7, 11) is 0. The van der Waals surface area contributed by atoms with E-state index >= 15 is 0 Å². The number of aromatic amines is 1. The van der Waals surface area contributed by atoms with Crippen molar-refractivity contribution in [1.29, 1.82) is 0 Å². The average molecular weight is 381 g/mol. The number of hydrogen-bond acceptors (Lipinski definition) is 5. The van der Waals surface area contributed by atoms with E-state index in [0.29, 0.717) is 24.7 Å². The molecule has 28 heavy (non-hydrogen) atoms. The van der Waals surface area contributed by atoms with E-state index in [1.165, 1.54) is 0 Å². The molecule has 0 bridgehead atoms. The number of carbonyl (C=O) groups excluding carboxylic acids is 1. The molecule has 0 spiro atoms. The molecule has 7 heteroatoms. The van der Waals surface area contributed by atoms with Crippen molar-refractivity contribution >= 4 is 5.91 Å². The van der Waals surface area contributed by atoms with E-state index in [2.05, 4.69) is 28.7 Å². The Morgan fingerprint density at radius 1 is 1.25 bits per heavy atom. The number of carbonyl (C=O) groups is 1. The monoisotopic (exact) mass is 381 g/mol. The van der Waals surface area contributed by atoms with E-state index in [1.54, 1.807) is 24.5 Å². The van der Waals surface area contributed by atoms with Crippen molar-refractivity contribution in [2.45, 2.75) is 51.6 Å². The van der Waals surface area contributed by atoms with Gasteiger partial charge in [-0.15, -0.1) is 0 Å². The van der Waals surface area contributed by atoms with Gasteiger partial charge >= 0.3 is 0 Å². The lowest BCUT2D eigenvalue weighted by Gasteiger charge is -2.33. The Labute approximate surface area is 164 Å². The van der Waals surface area contributed by atoms with Crippen LogP contribution in [-0.2, 0) is 13.0 Å². The zero-order chi connectivity index (χ0) is 19.7. The van der Waals surface area contributed by atoms with Gasteiger partial charge in [0.05, 0.1) is 11.3 Å². The lowest BCUT2D eigenvalue weighted by Crippen LogP contribution is -2.41. The molecule has 1 N–H and O–H groups in total. The summed E-state index contributed by atoms with van der Waals surface area (Å²) < 4.78 is 0. The largest absolute Gasteiger partial charge is 0.339 e. The highest BCUT2D eigenvalue weighted by Crippen LogP contribution is 2.27. The summed E-state index contributed by atoms with van der Waals surface area (Å²) in [5.41, 5.74) is 2.39. The first kappa shape index (κ1) is 18.8. The number of fused-ring (bicyclic) bond motifs is 1. The fourth-order valence-electron chi connectivity index (χ4n) is 4.14. The molecule has 2 aromatic heterocycles. The van der Waals surface area contributed by atoms with E-state index in [0.717, 1.165) is 49.4 Å². The van der Waals surface area contributed by atoms with E-state index in [1.807, 2.05) is 4.90 Å². The summed E-state index contributed by atoms with van der Waals surface area (Å²) in [6, 6.07) is 4.02. The number of H-pyrrole nitrogens is 1. The SMILES string of the molecule is CC(C)N1CCc2c(nc(C3CCN(C(=O)c4cccnc4)CC3)[nH]c2=O)C1. The van der Waals surface area contributed by atoms with E-state index in [-0.39, 0.29) is 17.4 Å². The minimum atomic E-state index is 0.0114. The van der Waals surface area contributed by atoms with Gasteiger partial charge in [-0.2, -0.15) is 0 Å². The number of piperidine rings is 1. The van der Waals surface area contributed by atoms with Gasteiger partial charge in [0.1, 0.15) is 5.82 Å². The number of aromatic nitrogens is 3. The minimum Gasteiger partial charge on any atom is -0.339 e. The number of nitrogens with one attached hydrogen (secondary N) is 1. The summed E-state index contributed by atoms with van der Waals surface area (Å²) >= 11 is 0. The van der Waals surface area contributed by atoms with Crippen LogP contribution in [-0.4, -0.2) is 56.3 Å². The quantitative estimate of drug-likeness (QED) is 0.879. The van der Waals surface area contributed by atoms with Gasteiger partial charge in [-0.25, -0.2) is 4.98 Å². The molecule has 0 radical (unpaired) electrons. The smallest absolute Gasteiger partial charge is 0.255 e. The normalized spacial score (nSPS) is 18.3. The molecule has 0 unspecified atom stereocenters. The maximum Gasteiger partial charge on any atom is 0.255 e. The molecule has 4 rings (SSSR count). The molecule has 1 saturated heterocycles. The Bertz CT molecular complexity index is 901. The van der Waals surface area contributed by atoms with Crippen molar-refractivity contribution < 1.29 is 4.79 Å². The van der Waals surface area contributed by atoms with Crippen LogP contribution in [0.2, 0.25) is 0 Å². The molecule has 2 aliphatic rings. The van der Waals surface area contributed by atoms with E-state index in [4.69, 9.17) is 4.98 Å². The highest BCUT2D eigenvalue weighted by molar-refractivity contribution is 5.93. The summed E-state index contributed by atoms with van der Waals surface area (Å²) in [6.45, 7) is 7.32. The summed E-state index contributed by atoms with van der Waals surface area (Å²) in [6.07, 6.45) is 5.65. The van der Waals surface area contributed by atoms with Gasteiger partial charge in [0, 0.05) is 56.1 Å². The molecule has 148 valence electrons. The summed E-state index contributed by atoms with van der Waals surface area (Å²) in [5, 5.41) is 0. The fourth-order valence-corrected chi connectivity index (χ4v) is 4.14. The lowest BCUT2D eigenvalue weighted by molar-refractivity contribution is 0.0710. The van der Waals surface area contributed by atoms with Crippen LogP contribution in [0.3, 0.4) is 0 Å². The van der Waals surface area contributed by atoms with Crippen LogP contribution < -0.4 is 5.56 Å². The van der Waals surface area contributed by atoms with Gasteiger partial charge in [0.2, 0.25) is 0 Å². The Morgan fingerprint density at radius 3 is 2.71 bits per heavy atom. The number of hydrogen-bond donors (Lipinski definition) is 1. The molecular formula is C21H27N5O2. The van der Waals surface area contributed by atoms with Crippen molar-refractivity contribution in [3.8, 4) is 0 Å². The molecule has 0 atom stereocenters. The molecule has 7 nitrogen and oxygen atoms in total. The van der Waals surface area contributed by atoms with Gasteiger partial charge in [-0.3, -0.25) is 19.5 Å². The predicted molar refractivity (Wildman–Crippen MR) is 106 cm³/mol. The number of amides is 1. The molecular weight excluding hydrogens is 354 g/mol. The second-order valence-corrected chi connectivity index (χ2v) is 8.00. The van der Waals surface area contributed by atoms with Crippen molar-refractivity contribution in [2.75, 3.05) is 19.6 Å². The van der Waals surface area contributed by atoms with Crippen molar-refractivity contribution in [3.05, 3.63) is 57.5 Å². The zero-order valence-electron chi connectivity index (χ0n) is 16.5. The Hall–Kier alpha value is -2.54. The second kappa shape index (κ2) is 7.83. The van der Waals surface area contributed by atoms with Gasteiger partial charge in [0.15, 0.2) is 0 Å². The van der Waals surface area contributed by atoms with Gasteiger partial charge in [-0.05, 0) is 45.2 Å². The van der Waals surface area contributed by atoms with Crippen LogP contribution in [0.5, 0.6) is 0 Å². The van der Waals surface area contributed by atoms with Crippen LogP contribution >= 0.6 is 0 Å². The standard InChI is InChI=1S/C21H27N5O2/c1-14(2)26-11-7-17-18(13-26)23-19(24-20(17)27)15-5-9-25(10-6-15)21(28)16-4-3-8-22-12-16/h3-4,8,12,14-15H,5-7,9-11,13H2,1-2H3,(H,23,24,27). The molecule has 1 amide bonds. The summed E-state index contributed by atoms with van der Waals surface area (Å²) in [4.78, 5) is 41.3. The third kappa shape index (κ3) is 3.71. The zero-order valence-corrected chi connectivity index (χ0v) is 16.5. The predicted octanol–water partition coefficient (Wildman–Crippen LogP) is 1.95. The van der Waals surface area contributed by atoms with Gasteiger partial charge in [0.25, 0.3) is 11.5 Å². The molecule has 2 aromatic rings. The Balaban J connectivity index is 1.47. The first-order valence-corrected chi connectivity index (χ1v) is 10.1. The third-order valence-electron chi connectivity index (χ3n) is 5.93. The fraction of sp³-hybridized carbons (Fsp3) is 0.524. The number of pyridine rings is 1. The van der Waals surface area contributed by atoms with Gasteiger partial charge in [-0.1, -0.05) is 0 Å². The van der Waals surface area contributed by atoms with Crippen LogP contribution in [0.15, 0.2) is 29.3 Å². The minimum absolute atomic E-state index is 0.0114. The highest BCUT2D eigenvalue weighted by atomic mass is 16.2. The van der Waals surface area contributed by atoms with Crippen molar-refractivity contribution in [3.63, 3.8) is 0 Å². The van der Waals surface area contributed by atoms with Crippen molar-refractivity contribution in [2.24, 2.45) is 0 Å². The van der Waals surface area contributed by atoms with Crippen LogP contribution in [0, 0.1) is 0 Å². The first-order valence-electron chi connectivity index (χ1n) is 10.1. The Kier molecular flexibility index (Phi) is 5.26. The van der Waals surface area contributed by atoms with Crippen LogP contribution in [0.25, 0.3) is 0 Å². The first-order chi connectivity index (χ1) is 13.5. The molecule has 2 aliphatic heterocycles. The second-order valence-electron chi connectivity index (χ2n) is 8.00. The van der Waals surface area contributed by atoms with E-state index in [9.17, 15) is 9.59 Å². The molecule has 4 heterocycles. The number of rotatable bonds is 3. The van der Waals surface area contributed by atoms with Gasteiger partial charge < -0.3 is 9.88 Å². The number of likely N-dealkylation sites (tertiary alicyclic amines) is 1. The lowest BCUT2D eigenvalue weighted by atomic mass is 9.94. The molecule has 0 aromatic carbocycles. The maximum atomic E-state index is 12.6. The van der Waals surface area contributed by atoms with Crippen molar-refractivity contribution in [1.82, 2.24) is 24.8 Å². The molecule has 0 saturated carbocycles. The van der Waals surface area contributed by atoms with Crippen LogP contribution in [0.1, 0.15) is 60.0 Å². The third-order valence-corrected chi connectivity index (χ3v) is 5.93. The average Bonchev–Trinajstić information content (AvgIpc) is 2.73. The Morgan fingerprint density at radius 2 is 2.04 bits per heavy atom. The van der Waals surface area contributed by atoms with E-state index < -0.39 is 0 Å². The molecule has 0 aliphatic carbocycles. The maximum absolute atomic E-state index is 12.6. The molecule has 1 fully saturated rings. The van der Waals surface area contributed by atoms with Crippen LogP contribution in [0.4, 0.5) is 0 Å². The summed E-state index contributed by atoms with van der Waals surface area (Å²) in [5.74, 6) is 0.985.